The lowest BCUT2D eigenvalue weighted by Crippen LogP contribution is -2.75. The third kappa shape index (κ3) is 4.04. The molecule has 5 heteroatoms. The van der Waals surface area contributed by atoms with Gasteiger partial charge in [0.2, 0.25) is 5.91 Å². The van der Waals surface area contributed by atoms with Crippen molar-refractivity contribution in [3.63, 3.8) is 0 Å². The minimum Gasteiger partial charge on any atom is -0.455 e. The van der Waals surface area contributed by atoms with Gasteiger partial charge in [-0.15, -0.1) is 0 Å². The fraction of sp³-hybridized carbons (Fsp3) is 0.737. The van der Waals surface area contributed by atoms with E-state index in [1.165, 1.54) is 5.56 Å². The van der Waals surface area contributed by atoms with Crippen molar-refractivity contribution in [1.29, 1.82) is 0 Å². The molecule has 1 spiro atoms. The van der Waals surface area contributed by atoms with Gasteiger partial charge in [-0.3, -0.25) is 9.59 Å². The van der Waals surface area contributed by atoms with Gasteiger partial charge in [-0.05, 0) is 105 Å². The Hall–Kier alpha value is -2.17. The number of aryl methyl sites for hydroxylation is 1. The number of carbonyl (C=O) groups excluding carboxylic acids is 2. The van der Waals surface area contributed by atoms with Crippen molar-refractivity contribution in [1.82, 2.24) is 5.32 Å². The second kappa shape index (κ2) is 10.2. The highest BCUT2D eigenvalue weighted by molar-refractivity contribution is 5.82. The van der Waals surface area contributed by atoms with E-state index in [2.05, 4.69) is 84.6 Å². The Bertz CT molecular complexity index is 1310. The second-order valence-electron chi connectivity index (χ2n) is 16.4. The van der Waals surface area contributed by atoms with E-state index in [1.54, 1.807) is 0 Å². The monoisotopic (exact) mass is 591 g/mol. The van der Waals surface area contributed by atoms with Crippen LogP contribution in [0.2, 0.25) is 0 Å². The summed E-state index contributed by atoms with van der Waals surface area (Å²) in [7, 11) is 0. The molecule has 1 amide bonds. The molecule has 1 aliphatic heterocycles. The number of allylic oxidation sites excluding steroid dienone is 1. The summed E-state index contributed by atoms with van der Waals surface area (Å²) >= 11 is 0. The average Bonchev–Trinajstić information content (AvgIpc) is 3.18. The SMILES string of the molecule is C=C(C)[C@@H]1CC[C@]2(C)[C@H](C[C@@H](F)C34OC(=O)[C@@]5(CC[C@@H](C)[C@H](C)[C@@H]35)CC[C@]42C)[C@@]1(C)CCC(=O)NCc1ccc(C)cc1. The number of benzene rings is 1. The Morgan fingerprint density at radius 1 is 1.07 bits per heavy atom. The molecule has 1 saturated heterocycles. The highest BCUT2D eigenvalue weighted by Crippen LogP contribution is 2.80. The topological polar surface area (TPSA) is 55.4 Å². The fourth-order valence-corrected chi connectivity index (χ4v) is 12.0. The van der Waals surface area contributed by atoms with Crippen molar-refractivity contribution >= 4 is 11.9 Å². The predicted molar refractivity (Wildman–Crippen MR) is 169 cm³/mol. The quantitative estimate of drug-likeness (QED) is 0.267. The van der Waals surface area contributed by atoms with Crippen LogP contribution in [0.1, 0.15) is 110 Å². The van der Waals surface area contributed by atoms with Gasteiger partial charge >= 0.3 is 5.97 Å². The van der Waals surface area contributed by atoms with Gasteiger partial charge in [-0.2, -0.15) is 0 Å². The smallest absolute Gasteiger partial charge is 0.313 e. The van der Waals surface area contributed by atoms with Crippen molar-refractivity contribution in [2.45, 2.75) is 125 Å². The molecular weight excluding hydrogens is 537 g/mol. The molecule has 1 aromatic carbocycles. The largest absolute Gasteiger partial charge is 0.455 e. The van der Waals surface area contributed by atoms with E-state index in [0.29, 0.717) is 31.7 Å². The summed E-state index contributed by atoms with van der Waals surface area (Å²) in [5.74, 6) is 0.841. The van der Waals surface area contributed by atoms with Crippen LogP contribution in [0, 0.1) is 58.2 Å². The zero-order valence-electron chi connectivity index (χ0n) is 27.7. The third-order valence-electron chi connectivity index (χ3n) is 14.7. The molecule has 4 saturated carbocycles. The number of rotatable bonds is 6. The summed E-state index contributed by atoms with van der Waals surface area (Å²) in [4.78, 5) is 27.1. The van der Waals surface area contributed by atoms with Crippen LogP contribution in [0.5, 0.6) is 0 Å². The van der Waals surface area contributed by atoms with Gasteiger partial charge in [-0.25, -0.2) is 4.39 Å². The summed E-state index contributed by atoms with van der Waals surface area (Å²) in [5.41, 5.74) is 0.872. The van der Waals surface area contributed by atoms with Gasteiger partial charge in [-0.1, -0.05) is 76.6 Å². The first-order chi connectivity index (χ1) is 20.2. The lowest BCUT2D eigenvalue weighted by Gasteiger charge is -2.73. The van der Waals surface area contributed by atoms with Crippen molar-refractivity contribution in [2.24, 2.45) is 51.2 Å². The lowest BCUT2D eigenvalue weighted by atomic mass is 9.31. The number of hydrogen-bond acceptors (Lipinski definition) is 3. The van der Waals surface area contributed by atoms with Gasteiger partial charge in [0.05, 0.1) is 5.41 Å². The average molecular weight is 592 g/mol. The van der Waals surface area contributed by atoms with Crippen LogP contribution >= 0.6 is 0 Å². The zero-order valence-corrected chi connectivity index (χ0v) is 27.7. The van der Waals surface area contributed by atoms with E-state index in [-0.39, 0.29) is 46.4 Å². The highest BCUT2D eigenvalue weighted by Gasteiger charge is 2.83. The number of ether oxygens (including phenoxy) is 1. The summed E-state index contributed by atoms with van der Waals surface area (Å²) in [6, 6.07) is 8.25. The first-order valence-corrected chi connectivity index (χ1v) is 17.0. The molecule has 1 heterocycles. The van der Waals surface area contributed by atoms with Gasteiger partial charge in [0.1, 0.15) is 6.17 Å². The van der Waals surface area contributed by atoms with Gasteiger partial charge < -0.3 is 10.1 Å². The van der Waals surface area contributed by atoms with E-state index >= 15 is 4.39 Å². The van der Waals surface area contributed by atoms with Crippen LogP contribution in [0.4, 0.5) is 4.39 Å². The number of alkyl halides is 1. The number of hydrogen-bond donors (Lipinski definition) is 1. The standard InChI is InChI=1S/C38H54FNO3/c1-23(2)28-14-17-35(7)29(34(28,6)16-15-31(41)40-22-27-11-9-24(3)10-12-27)21-30(39)38-32-26(5)25(4)13-18-37(32,33(42)43-38)20-19-36(35,38)8/h9-12,25-26,28-30,32H,1,13-22H2,2-8H3,(H,40,41)/t25-,26+,28+,29-,30-,32-,34+,35-,36+,37+,38?/m1/s1. The number of esters is 1. The molecule has 0 aromatic heterocycles. The minimum absolute atomic E-state index is 0.0435. The molecule has 1 unspecified atom stereocenters. The van der Waals surface area contributed by atoms with Gasteiger partial charge in [0.25, 0.3) is 0 Å². The third-order valence-corrected chi connectivity index (χ3v) is 14.7. The molecule has 4 nitrogen and oxygen atoms in total. The molecule has 43 heavy (non-hydrogen) atoms. The maximum atomic E-state index is 17.5. The lowest BCUT2D eigenvalue weighted by molar-refractivity contribution is -0.297. The van der Waals surface area contributed by atoms with Crippen molar-refractivity contribution in [3.05, 3.63) is 47.5 Å². The molecule has 4 aliphatic carbocycles. The van der Waals surface area contributed by atoms with Crippen LogP contribution < -0.4 is 5.32 Å². The number of amides is 1. The van der Waals surface area contributed by atoms with Crippen LogP contribution in [-0.2, 0) is 20.9 Å². The predicted octanol–water partition coefficient (Wildman–Crippen LogP) is 8.51. The van der Waals surface area contributed by atoms with Crippen molar-refractivity contribution < 1.29 is 18.7 Å². The molecule has 236 valence electrons. The van der Waals surface area contributed by atoms with E-state index in [9.17, 15) is 9.59 Å². The first kappa shape index (κ1) is 30.8. The minimum atomic E-state index is -1.21. The maximum absolute atomic E-state index is 17.5. The van der Waals surface area contributed by atoms with Crippen LogP contribution in [0.25, 0.3) is 0 Å². The molecule has 6 rings (SSSR count). The van der Waals surface area contributed by atoms with E-state index in [1.807, 2.05) is 0 Å². The molecular formula is C38H54FNO3. The summed E-state index contributed by atoms with van der Waals surface area (Å²) in [6.45, 7) is 20.6. The fourth-order valence-electron chi connectivity index (χ4n) is 12.0. The van der Waals surface area contributed by atoms with E-state index < -0.39 is 22.6 Å². The molecule has 11 atom stereocenters. The van der Waals surface area contributed by atoms with Crippen LogP contribution in [-0.4, -0.2) is 23.6 Å². The van der Waals surface area contributed by atoms with Crippen molar-refractivity contribution in [2.75, 3.05) is 0 Å². The summed E-state index contributed by atoms with van der Waals surface area (Å²) in [5, 5.41) is 3.13. The second-order valence-corrected chi connectivity index (χ2v) is 16.4. The molecule has 0 radical (unpaired) electrons. The molecule has 2 bridgehead atoms. The van der Waals surface area contributed by atoms with Crippen LogP contribution in [0.15, 0.2) is 36.4 Å². The Kier molecular flexibility index (Phi) is 7.30. The first-order valence-electron chi connectivity index (χ1n) is 17.0. The van der Waals surface area contributed by atoms with E-state index in [0.717, 1.165) is 49.7 Å². The van der Waals surface area contributed by atoms with E-state index in [4.69, 9.17) is 4.74 Å². The maximum Gasteiger partial charge on any atom is 0.313 e. The molecule has 1 N–H and O–H groups in total. The Balaban J connectivity index is 1.32. The normalized spacial score (nSPS) is 46.7. The van der Waals surface area contributed by atoms with Gasteiger partial charge in [0.15, 0.2) is 5.60 Å². The zero-order chi connectivity index (χ0) is 31.2. The Labute approximate surface area is 259 Å². The summed E-state index contributed by atoms with van der Waals surface area (Å²) in [6.07, 6.45) is 5.71. The number of carbonyl (C=O) groups is 2. The number of nitrogens with one attached hydrogen (secondary N) is 1. The molecule has 5 fully saturated rings. The Morgan fingerprint density at radius 3 is 2.44 bits per heavy atom. The number of halogens is 1. The van der Waals surface area contributed by atoms with Gasteiger partial charge in [0, 0.05) is 24.3 Å². The highest BCUT2D eigenvalue weighted by atomic mass is 19.1. The molecule has 5 aliphatic rings. The number of fused-ring (bicyclic) bond motifs is 2. The molecule has 1 aromatic rings. The van der Waals surface area contributed by atoms with Crippen molar-refractivity contribution in [3.8, 4) is 0 Å². The Morgan fingerprint density at radius 2 is 1.77 bits per heavy atom. The summed E-state index contributed by atoms with van der Waals surface area (Å²) < 4.78 is 24.0. The van der Waals surface area contributed by atoms with Crippen LogP contribution in [0.3, 0.4) is 0 Å².